The smallest absolute Gasteiger partial charge is 0.451 e. The van der Waals surface area contributed by atoms with Crippen molar-refractivity contribution in [3.63, 3.8) is 0 Å². The fourth-order valence-corrected chi connectivity index (χ4v) is 6.90. The Morgan fingerprint density at radius 2 is 1.83 bits per heavy atom. The summed E-state index contributed by atoms with van der Waals surface area (Å²) in [6, 6.07) is 3.89. The molecule has 0 saturated carbocycles. The Morgan fingerprint density at radius 1 is 1.14 bits per heavy atom. The number of benzene rings is 1. The summed E-state index contributed by atoms with van der Waals surface area (Å²) in [6.45, 7) is -1.11. The van der Waals surface area contributed by atoms with E-state index in [-0.39, 0.29) is 33.4 Å². The van der Waals surface area contributed by atoms with E-state index in [0.29, 0.717) is 0 Å². The number of hydrogen-bond donors (Lipinski definition) is 8. The van der Waals surface area contributed by atoms with Crippen molar-refractivity contribution in [2.24, 2.45) is 0 Å². The standard InChI is InChI=1S/C17H20ClN6O15P3/c18-6-1-2-8(19)7(3-6)16(27)37-12-11(25)9(4-35-41(31,32)39-42(33,34)38-40(28,29)30)36-15(12)24-5-21-10-13(24)22-17(20)23-14(10)26/h1-3,5,9,11-12,15,25H,4,19H2,(H,31,32)(H,33,34)(H2,28,29,30)(H3,20,22,23,26)/t9-,11-,12-,15-/m1/s1. The van der Waals surface area contributed by atoms with E-state index >= 15 is 0 Å². The molecular formula is C17H20ClN6O15P3. The molecule has 1 aliphatic heterocycles. The normalized spacial score (nSPS) is 23.9. The van der Waals surface area contributed by atoms with Crippen molar-refractivity contribution in [1.29, 1.82) is 0 Å². The van der Waals surface area contributed by atoms with E-state index in [1.165, 1.54) is 18.2 Å². The molecule has 10 N–H and O–H groups in total. The Hall–Kier alpha value is -2.74. The van der Waals surface area contributed by atoms with Gasteiger partial charge in [0.15, 0.2) is 23.5 Å². The minimum atomic E-state index is -5.84. The van der Waals surface area contributed by atoms with Gasteiger partial charge in [0.25, 0.3) is 5.56 Å². The molecule has 0 amide bonds. The number of fused-ring (bicyclic) bond motifs is 1. The molecule has 2 unspecified atom stereocenters. The third kappa shape index (κ3) is 7.42. The number of H-pyrrole nitrogens is 1. The number of aliphatic hydroxyl groups is 1. The Bertz CT molecular complexity index is 1730. The predicted octanol–water partition coefficient (Wildman–Crippen LogP) is -0.235. The molecule has 3 aromatic rings. The zero-order chi connectivity index (χ0) is 31.2. The molecule has 0 radical (unpaired) electrons. The number of rotatable bonds is 10. The lowest BCUT2D eigenvalue weighted by Crippen LogP contribution is -2.37. The van der Waals surface area contributed by atoms with Gasteiger partial charge in [0.1, 0.15) is 12.2 Å². The van der Waals surface area contributed by atoms with Crippen LogP contribution in [0.4, 0.5) is 11.6 Å². The average Bonchev–Trinajstić information content (AvgIpc) is 3.38. The van der Waals surface area contributed by atoms with Crippen molar-refractivity contribution in [3.8, 4) is 0 Å². The summed E-state index contributed by atoms with van der Waals surface area (Å²) in [7, 11) is -17.1. The highest BCUT2D eigenvalue weighted by molar-refractivity contribution is 7.66. The van der Waals surface area contributed by atoms with Crippen LogP contribution in [0.5, 0.6) is 0 Å². The number of phosphoric ester groups is 1. The molecular weight excluding hydrogens is 657 g/mol. The molecule has 1 aromatic carbocycles. The number of nitrogens with zero attached hydrogens (tertiary/aromatic N) is 3. The molecule has 1 fully saturated rings. The second-order valence-corrected chi connectivity index (χ2v) is 13.2. The molecule has 42 heavy (non-hydrogen) atoms. The van der Waals surface area contributed by atoms with Gasteiger partial charge in [0, 0.05) is 10.7 Å². The molecule has 0 aliphatic carbocycles. The van der Waals surface area contributed by atoms with Gasteiger partial charge in [0.2, 0.25) is 5.95 Å². The Morgan fingerprint density at radius 3 is 2.50 bits per heavy atom. The quantitative estimate of drug-likeness (QED) is 0.0780. The van der Waals surface area contributed by atoms with E-state index in [1.54, 1.807) is 0 Å². The van der Waals surface area contributed by atoms with E-state index in [4.69, 9.17) is 42.3 Å². The largest absolute Gasteiger partial charge is 0.490 e. The number of nitrogens with two attached hydrogens (primary N) is 2. The highest BCUT2D eigenvalue weighted by Gasteiger charge is 2.50. The topological polar surface area (TPSA) is 331 Å². The zero-order valence-corrected chi connectivity index (χ0v) is 23.8. The Labute approximate surface area is 237 Å². The van der Waals surface area contributed by atoms with Crippen LogP contribution in [0.1, 0.15) is 16.6 Å². The molecule has 3 heterocycles. The monoisotopic (exact) mass is 676 g/mol. The highest BCUT2D eigenvalue weighted by Crippen LogP contribution is 2.66. The van der Waals surface area contributed by atoms with Gasteiger partial charge in [-0.3, -0.25) is 18.9 Å². The lowest BCUT2D eigenvalue weighted by atomic mass is 10.1. The molecule has 4 rings (SSSR count). The van der Waals surface area contributed by atoms with Crippen LogP contribution >= 0.6 is 35.1 Å². The number of aromatic amines is 1. The van der Waals surface area contributed by atoms with Gasteiger partial charge in [-0.15, -0.1) is 0 Å². The van der Waals surface area contributed by atoms with Crippen LogP contribution in [-0.2, 0) is 36.3 Å². The van der Waals surface area contributed by atoms with E-state index in [0.717, 1.165) is 10.9 Å². The summed E-state index contributed by atoms with van der Waals surface area (Å²) in [4.78, 5) is 71.7. The zero-order valence-electron chi connectivity index (χ0n) is 20.4. The molecule has 21 nitrogen and oxygen atoms in total. The lowest BCUT2D eigenvalue weighted by Gasteiger charge is -2.22. The number of halogens is 1. The molecule has 1 aliphatic rings. The van der Waals surface area contributed by atoms with Crippen molar-refractivity contribution < 1.29 is 65.8 Å². The number of ether oxygens (including phenoxy) is 2. The van der Waals surface area contributed by atoms with Crippen molar-refractivity contribution in [3.05, 3.63) is 45.5 Å². The summed E-state index contributed by atoms with van der Waals surface area (Å²) in [5.41, 5.74) is 10.00. The number of esters is 1. The predicted molar refractivity (Wildman–Crippen MR) is 137 cm³/mol. The maximum absolute atomic E-state index is 13.0. The number of phosphoric acid groups is 3. The van der Waals surface area contributed by atoms with Gasteiger partial charge < -0.3 is 45.6 Å². The first-order chi connectivity index (χ1) is 19.4. The van der Waals surface area contributed by atoms with E-state index in [2.05, 4.69) is 28.1 Å². The first kappa shape index (κ1) is 32.2. The van der Waals surface area contributed by atoms with E-state index < -0.39 is 66.1 Å². The molecule has 1 saturated heterocycles. The number of aliphatic hydroxyl groups excluding tert-OH is 1. The maximum atomic E-state index is 13.0. The average molecular weight is 677 g/mol. The second kappa shape index (κ2) is 11.7. The number of nitrogen functional groups attached to an aromatic ring is 2. The number of nitrogens with one attached hydrogen (secondary N) is 1. The molecule has 6 atom stereocenters. The van der Waals surface area contributed by atoms with Crippen molar-refractivity contribution >= 4 is 63.8 Å². The Kier molecular flexibility index (Phi) is 9.00. The van der Waals surface area contributed by atoms with Gasteiger partial charge >= 0.3 is 29.4 Å². The van der Waals surface area contributed by atoms with Crippen molar-refractivity contribution in [1.82, 2.24) is 19.5 Å². The van der Waals surface area contributed by atoms with Gasteiger partial charge in [-0.25, -0.2) is 23.5 Å². The van der Waals surface area contributed by atoms with E-state index in [1.807, 2.05) is 0 Å². The third-order valence-electron chi connectivity index (χ3n) is 5.33. The molecule has 0 spiro atoms. The number of imidazole rings is 1. The van der Waals surface area contributed by atoms with Gasteiger partial charge in [-0.2, -0.15) is 13.6 Å². The first-order valence-corrected chi connectivity index (χ1v) is 15.9. The highest BCUT2D eigenvalue weighted by atomic mass is 35.5. The summed E-state index contributed by atoms with van der Waals surface area (Å²) in [5.74, 6) is -1.44. The van der Waals surface area contributed by atoms with Crippen LogP contribution in [0.15, 0.2) is 29.3 Å². The summed E-state index contributed by atoms with van der Waals surface area (Å²) in [5, 5.41) is 11.1. The van der Waals surface area contributed by atoms with E-state index in [9.17, 15) is 38.2 Å². The van der Waals surface area contributed by atoms with Crippen LogP contribution in [-0.4, -0.2) is 75.1 Å². The fourth-order valence-electron chi connectivity index (χ4n) is 3.70. The van der Waals surface area contributed by atoms with Crippen molar-refractivity contribution in [2.45, 2.75) is 24.5 Å². The SMILES string of the molecule is Nc1nc2c(ncn2[C@@H]2O[C@H](COP(=O)(O)OP(=O)(O)OP(=O)(O)O)[C@@H](O)[C@H]2OC(=O)c2cc(Cl)ccc2N)c(=O)[nH]1. The first-order valence-electron chi connectivity index (χ1n) is 11.0. The van der Waals surface area contributed by atoms with Crippen LogP contribution in [0, 0.1) is 0 Å². The van der Waals surface area contributed by atoms with Crippen LogP contribution in [0.2, 0.25) is 5.02 Å². The minimum Gasteiger partial charge on any atom is -0.451 e. The number of anilines is 2. The second-order valence-electron chi connectivity index (χ2n) is 8.32. The minimum absolute atomic E-state index is 0.0485. The molecule has 230 valence electrons. The van der Waals surface area contributed by atoms with Gasteiger partial charge in [-0.05, 0) is 18.2 Å². The van der Waals surface area contributed by atoms with Crippen LogP contribution in [0.3, 0.4) is 0 Å². The summed E-state index contributed by atoms with van der Waals surface area (Å²) < 4.78 is 58.5. The van der Waals surface area contributed by atoms with Crippen molar-refractivity contribution in [2.75, 3.05) is 18.1 Å². The Balaban J connectivity index is 1.63. The number of carbonyl (C=O) groups excluding carboxylic acids is 1. The van der Waals surface area contributed by atoms with Gasteiger partial charge in [0.05, 0.1) is 18.5 Å². The lowest BCUT2D eigenvalue weighted by molar-refractivity contribution is -0.0557. The fraction of sp³-hybridized carbons (Fsp3) is 0.294. The van der Waals surface area contributed by atoms with Crippen LogP contribution < -0.4 is 17.0 Å². The number of carbonyl (C=O) groups is 1. The maximum Gasteiger partial charge on any atom is 0.490 e. The summed E-state index contributed by atoms with van der Waals surface area (Å²) in [6.07, 6.45) is -5.78. The van der Waals surface area contributed by atoms with Gasteiger partial charge in [-0.1, -0.05) is 11.6 Å². The molecule has 0 bridgehead atoms. The van der Waals surface area contributed by atoms with Crippen LogP contribution in [0.25, 0.3) is 11.2 Å². The number of hydrogen-bond acceptors (Lipinski definition) is 15. The number of aromatic nitrogens is 4. The molecule has 2 aromatic heterocycles. The summed E-state index contributed by atoms with van der Waals surface area (Å²) >= 11 is 5.93. The molecule has 25 heteroatoms. The third-order valence-corrected chi connectivity index (χ3v) is 9.37.